The number of hydrogen-bond acceptors (Lipinski definition) is 4. The average molecular weight is 349 g/mol. The number of aryl methyl sites for hydroxylation is 1. The Morgan fingerprint density at radius 2 is 2.09 bits per heavy atom. The molecular formula is C17H14Cl2N2O2. The van der Waals surface area contributed by atoms with Crippen molar-refractivity contribution >= 4 is 34.9 Å². The van der Waals surface area contributed by atoms with Crippen molar-refractivity contribution in [1.82, 2.24) is 5.16 Å². The highest BCUT2D eigenvalue weighted by atomic mass is 35.5. The van der Waals surface area contributed by atoms with Crippen molar-refractivity contribution in [1.29, 1.82) is 0 Å². The number of allylic oxidation sites excluding steroid dienone is 2. The molecular weight excluding hydrogens is 335 g/mol. The van der Waals surface area contributed by atoms with Crippen molar-refractivity contribution in [3.63, 3.8) is 0 Å². The fraction of sp³-hybridized carbons (Fsp3) is 0.294. The Bertz CT molecular complexity index is 854. The van der Waals surface area contributed by atoms with Crippen LogP contribution in [-0.4, -0.2) is 10.9 Å². The summed E-state index contributed by atoms with van der Waals surface area (Å²) in [5.74, 6) is 0.572. The fourth-order valence-corrected chi connectivity index (χ4v) is 3.75. The van der Waals surface area contributed by atoms with E-state index in [1.807, 2.05) is 19.1 Å². The predicted molar refractivity (Wildman–Crippen MR) is 89.1 cm³/mol. The number of nitrogens with one attached hydrogen (secondary N) is 1. The van der Waals surface area contributed by atoms with Gasteiger partial charge < -0.3 is 9.84 Å². The van der Waals surface area contributed by atoms with Crippen molar-refractivity contribution in [2.45, 2.75) is 32.1 Å². The molecule has 0 amide bonds. The number of benzene rings is 1. The van der Waals surface area contributed by atoms with E-state index in [9.17, 15) is 4.79 Å². The van der Waals surface area contributed by atoms with Gasteiger partial charge in [-0.2, -0.15) is 0 Å². The number of fused-ring (bicyclic) bond motifs is 1. The third-order valence-electron chi connectivity index (χ3n) is 4.48. The Morgan fingerprint density at radius 1 is 1.26 bits per heavy atom. The van der Waals surface area contributed by atoms with Gasteiger partial charge in [0.15, 0.2) is 5.78 Å². The minimum absolute atomic E-state index is 0.168. The molecule has 2 aliphatic rings. The van der Waals surface area contributed by atoms with Crippen molar-refractivity contribution < 1.29 is 9.32 Å². The highest BCUT2D eigenvalue weighted by Gasteiger charge is 2.38. The summed E-state index contributed by atoms with van der Waals surface area (Å²) in [6, 6.07) is 5.49. The highest BCUT2D eigenvalue weighted by Crippen LogP contribution is 2.47. The molecule has 0 radical (unpaired) electrons. The third-order valence-corrected chi connectivity index (χ3v) is 5.22. The minimum atomic E-state index is -0.213. The van der Waals surface area contributed by atoms with Crippen LogP contribution in [0, 0.1) is 6.92 Å². The number of rotatable bonds is 1. The maximum absolute atomic E-state index is 12.6. The summed E-state index contributed by atoms with van der Waals surface area (Å²) >= 11 is 12.2. The van der Waals surface area contributed by atoms with Crippen LogP contribution in [0.25, 0.3) is 0 Å². The van der Waals surface area contributed by atoms with Crippen molar-refractivity contribution in [3.8, 4) is 0 Å². The molecule has 2 aromatic rings. The minimum Gasteiger partial charge on any atom is -0.338 e. The Morgan fingerprint density at radius 3 is 2.87 bits per heavy atom. The smallest absolute Gasteiger partial charge is 0.233 e. The maximum atomic E-state index is 12.6. The zero-order chi connectivity index (χ0) is 16.1. The lowest BCUT2D eigenvalue weighted by atomic mass is 9.76. The van der Waals surface area contributed by atoms with E-state index >= 15 is 0 Å². The fourth-order valence-electron chi connectivity index (χ4n) is 3.44. The summed E-state index contributed by atoms with van der Waals surface area (Å²) < 4.78 is 5.41. The lowest BCUT2D eigenvalue weighted by Gasteiger charge is -2.31. The van der Waals surface area contributed by atoms with Crippen LogP contribution in [0.2, 0.25) is 10.0 Å². The van der Waals surface area contributed by atoms with Gasteiger partial charge in [0.1, 0.15) is 0 Å². The molecule has 1 aromatic heterocycles. The van der Waals surface area contributed by atoms with Crippen LogP contribution >= 0.6 is 23.2 Å². The number of ketones is 1. The molecule has 1 aliphatic heterocycles. The lowest BCUT2D eigenvalue weighted by Crippen LogP contribution is -2.26. The second-order valence-corrected chi connectivity index (χ2v) is 6.73. The second-order valence-electron chi connectivity index (χ2n) is 5.91. The zero-order valence-electron chi connectivity index (χ0n) is 12.5. The molecule has 1 N–H and O–H groups in total. The second kappa shape index (κ2) is 5.39. The number of Topliss-reactive ketones (excluding diaryl/α,β-unsaturated/α-hetero) is 1. The van der Waals surface area contributed by atoms with E-state index in [0.29, 0.717) is 22.4 Å². The molecule has 0 spiro atoms. The number of hydrogen-bond donors (Lipinski definition) is 1. The molecule has 0 unspecified atom stereocenters. The number of halogens is 2. The van der Waals surface area contributed by atoms with Gasteiger partial charge >= 0.3 is 0 Å². The van der Waals surface area contributed by atoms with Crippen LogP contribution in [0.5, 0.6) is 0 Å². The van der Waals surface area contributed by atoms with Crippen molar-refractivity contribution in [2.24, 2.45) is 0 Å². The van der Waals surface area contributed by atoms with E-state index in [4.69, 9.17) is 27.7 Å². The third kappa shape index (κ3) is 2.28. The van der Waals surface area contributed by atoms with Crippen LogP contribution in [0.4, 0.5) is 5.88 Å². The van der Waals surface area contributed by atoms with Gasteiger partial charge in [0.2, 0.25) is 5.88 Å². The molecule has 0 fully saturated rings. The van der Waals surface area contributed by atoms with Crippen molar-refractivity contribution in [2.75, 3.05) is 5.32 Å². The van der Waals surface area contributed by atoms with Gasteiger partial charge in [-0.05, 0) is 37.5 Å². The summed E-state index contributed by atoms with van der Waals surface area (Å²) in [6.45, 7) is 1.88. The van der Waals surface area contributed by atoms with Crippen LogP contribution in [0.15, 0.2) is 34.0 Å². The largest absolute Gasteiger partial charge is 0.338 e. The van der Waals surface area contributed by atoms with E-state index in [0.717, 1.165) is 40.9 Å². The number of carbonyl (C=O) groups excluding carboxylic acids is 1. The summed E-state index contributed by atoms with van der Waals surface area (Å²) in [7, 11) is 0. The van der Waals surface area contributed by atoms with Gasteiger partial charge in [0, 0.05) is 23.6 Å². The van der Waals surface area contributed by atoms with Gasteiger partial charge in [-0.25, -0.2) is 0 Å². The molecule has 1 atom stereocenters. The quantitative estimate of drug-likeness (QED) is 0.799. The summed E-state index contributed by atoms with van der Waals surface area (Å²) in [5, 5.41) is 8.28. The van der Waals surface area contributed by atoms with E-state index in [1.165, 1.54) is 0 Å². The van der Waals surface area contributed by atoms with Crippen molar-refractivity contribution in [3.05, 3.63) is 56.3 Å². The molecule has 0 saturated heterocycles. The Hall–Kier alpha value is -1.78. The first-order chi connectivity index (χ1) is 11.1. The number of aromatic nitrogens is 1. The topological polar surface area (TPSA) is 55.1 Å². The standard InChI is InChI=1S/C17H14Cl2N2O2/c1-8-14-15(9-5-6-10(18)11(19)7-9)16-12(3-2-4-13(16)22)20-17(14)23-21-8/h5-7,15,20H,2-4H2,1H3/t15-/m1/s1. The SMILES string of the molecule is Cc1noc2c1[C@@H](c1ccc(Cl)c(Cl)c1)C1=C(CCCC1=O)N2. The Balaban J connectivity index is 1.95. The molecule has 23 heavy (non-hydrogen) atoms. The number of nitrogens with zero attached hydrogens (tertiary/aromatic N) is 1. The average Bonchev–Trinajstić information content (AvgIpc) is 2.90. The van der Waals surface area contributed by atoms with Gasteiger partial charge in [-0.1, -0.05) is 34.4 Å². The summed E-state index contributed by atoms with van der Waals surface area (Å²) in [6.07, 6.45) is 2.25. The lowest BCUT2D eigenvalue weighted by molar-refractivity contribution is -0.116. The zero-order valence-corrected chi connectivity index (χ0v) is 14.0. The highest BCUT2D eigenvalue weighted by molar-refractivity contribution is 6.42. The number of carbonyl (C=O) groups is 1. The van der Waals surface area contributed by atoms with Gasteiger partial charge in [-0.3, -0.25) is 4.79 Å². The Kier molecular flexibility index (Phi) is 3.47. The molecule has 6 heteroatoms. The first kappa shape index (κ1) is 14.8. The number of anilines is 1. The Labute approximate surface area is 143 Å². The van der Waals surface area contributed by atoms with E-state index < -0.39 is 0 Å². The molecule has 4 nitrogen and oxygen atoms in total. The molecule has 1 aliphatic carbocycles. The van der Waals surface area contributed by atoms with Crippen LogP contribution in [-0.2, 0) is 4.79 Å². The monoisotopic (exact) mass is 348 g/mol. The van der Waals surface area contributed by atoms with Gasteiger partial charge in [0.25, 0.3) is 0 Å². The summed E-state index contributed by atoms with van der Waals surface area (Å²) in [5.41, 5.74) is 4.33. The molecule has 4 rings (SSSR count). The first-order valence-corrected chi connectivity index (χ1v) is 8.26. The molecule has 0 bridgehead atoms. The normalized spacial score (nSPS) is 20.1. The molecule has 118 valence electrons. The molecule has 0 saturated carbocycles. The van der Waals surface area contributed by atoms with Gasteiger partial charge in [0.05, 0.1) is 21.3 Å². The van der Waals surface area contributed by atoms with E-state index in [1.54, 1.807) is 6.07 Å². The predicted octanol–water partition coefficient (Wildman–Crippen LogP) is 4.85. The van der Waals surface area contributed by atoms with E-state index in [-0.39, 0.29) is 11.7 Å². The maximum Gasteiger partial charge on any atom is 0.233 e. The first-order valence-electron chi connectivity index (χ1n) is 7.50. The molecule has 2 heterocycles. The summed E-state index contributed by atoms with van der Waals surface area (Å²) in [4.78, 5) is 12.6. The van der Waals surface area contributed by atoms with Crippen LogP contribution in [0.3, 0.4) is 0 Å². The van der Waals surface area contributed by atoms with Gasteiger partial charge in [-0.15, -0.1) is 0 Å². The molecule has 1 aromatic carbocycles. The van der Waals surface area contributed by atoms with Crippen LogP contribution < -0.4 is 5.32 Å². The van der Waals surface area contributed by atoms with E-state index in [2.05, 4.69) is 10.5 Å². The van der Waals surface area contributed by atoms with Crippen LogP contribution in [0.1, 0.15) is 42.0 Å².